The third-order valence-corrected chi connectivity index (χ3v) is 5.52. The van der Waals surface area contributed by atoms with Crippen molar-refractivity contribution in [3.05, 3.63) is 42.0 Å². The second-order valence-corrected chi connectivity index (χ2v) is 7.23. The average molecular weight is 386 g/mol. The molecule has 2 amide bonds. The van der Waals surface area contributed by atoms with Crippen molar-refractivity contribution < 1.29 is 14.0 Å². The van der Waals surface area contributed by atoms with E-state index in [2.05, 4.69) is 15.6 Å². The lowest BCUT2D eigenvalue weighted by atomic mass is 10.1. The van der Waals surface area contributed by atoms with Crippen LogP contribution in [0.5, 0.6) is 0 Å². The summed E-state index contributed by atoms with van der Waals surface area (Å²) in [5.41, 5.74) is 0.464. The number of carbonyl (C=O) groups is 2. The largest absolute Gasteiger partial charge is 0.328 e. The van der Waals surface area contributed by atoms with Crippen molar-refractivity contribution in [1.82, 2.24) is 25.2 Å². The molecule has 1 N–H and O–H groups in total. The highest BCUT2D eigenvalue weighted by molar-refractivity contribution is 6.03. The van der Waals surface area contributed by atoms with Crippen molar-refractivity contribution in [2.75, 3.05) is 31.6 Å². The van der Waals surface area contributed by atoms with Gasteiger partial charge in [0, 0.05) is 13.6 Å². The van der Waals surface area contributed by atoms with Gasteiger partial charge in [0.05, 0.1) is 17.9 Å². The maximum absolute atomic E-state index is 14.0. The quantitative estimate of drug-likeness (QED) is 0.854. The molecule has 2 aromatic rings. The number of benzene rings is 1. The lowest BCUT2D eigenvalue weighted by Crippen LogP contribution is -2.43. The molecule has 1 atom stereocenters. The predicted octanol–water partition coefficient (Wildman–Crippen LogP) is 1.22. The number of hydrogen-bond acceptors (Lipinski definition) is 5. The molecular weight excluding hydrogens is 363 g/mol. The van der Waals surface area contributed by atoms with E-state index in [1.54, 1.807) is 36.1 Å². The molecule has 8 nitrogen and oxygen atoms in total. The monoisotopic (exact) mass is 386 g/mol. The Hall–Kier alpha value is -2.81. The fourth-order valence-corrected chi connectivity index (χ4v) is 3.88. The Labute approximate surface area is 162 Å². The van der Waals surface area contributed by atoms with Gasteiger partial charge in [0.1, 0.15) is 11.9 Å². The van der Waals surface area contributed by atoms with Crippen molar-refractivity contribution in [2.24, 2.45) is 0 Å². The SMILES string of the molecule is CN(C(=O)c1cn(C2CCNCC2)nn1)C1CCN(c2ccccc2F)C1=O. The summed E-state index contributed by atoms with van der Waals surface area (Å²) in [6.07, 6.45) is 3.97. The molecule has 2 aliphatic heterocycles. The zero-order chi connectivity index (χ0) is 19.7. The normalized spacial score (nSPS) is 20.6. The standard InChI is InChI=1S/C19H23FN6O2/c1-24(17-8-11-25(19(17)28)16-5-3-2-4-14(16)20)18(27)15-12-26(23-22-15)13-6-9-21-10-7-13/h2-5,12-13,17,21H,6-11H2,1H3. The molecule has 2 aliphatic rings. The van der Waals surface area contributed by atoms with Gasteiger partial charge in [-0.1, -0.05) is 17.3 Å². The summed E-state index contributed by atoms with van der Waals surface area (Å²) >= 11 is 0. The number of para-hydroxylation sites is 1. The second kappa shape index (κ2) is 7.67. The van der Waals surface area contributed by atoms with Crippen LogP contribution in [-0.2, 0) is 4.79 Å². The molecule has 0 saturated carbocycles. The third-order valence-electron chi connectivity index (χ3n) is 5.52. The molecule has 0 aliphatic carbocycles. The number of hydrogen-bond donors (Lipinski definition) is 1. The minimum Gasteiger partial charge on any atom is -0.328 e. The second-order valence-electron chi connectivity index (χ2n) is 7.23. The van der Waals surface area contributed by atoms with Gasteiger partial charge in [0.15, 0.2) is 5.69 Å². The van der Waals surface area contributed by atoms with E-state index in [0.717, 1.165) is 25.9 Å². The van der Waals surface area contributed by atoms with Gasteiger partial charge in [-0.3, -0.25) is 9.59 Å². The predicted molar refractivity (Wildman–Crippen MR) is 100 cm³/mol. The van der Waals surface area contributed by atoms with Gasteiger partial charge in [-0.15, -0.1) is 5.10 Å². The Bertz CT molecular complexity index is 879. The Morgan fingerprint density at radius 3 is 2.75 bits per heavy atom. The summed E-state index contributed by atoms with van der Waals surface area (Å²) in [5.74, 6) is -1.09. The van der Waals surface area contributed by atoms with Gasteiger partial charge in [0.2, 0.25) is 5.91 Å². The van der Waals surface area contributed by atoms with E-state index in [4.69, 9.17) is 0 Å². The summed E-state index contributed by atoms with van der Waals surface area (Å²) in [6.45, 7) is 2.19. The van der Waals surface area contributed by atoms with Gasteiger partial charge in [-0.25, -0.2) is 9.07 Å². The molecule has 28 heavy (non-hydrogen) atoms. The smallest absolute Gasteiger partial charge is 0.276 e. The molecule has 0 spiro atoms. The van der Waals surface area contributed by atoms with Gasteiger partial charge >= 0.3 is 0 Å². The van der Waals surface area contributed by atoms with Crippen LogP contribution in [0, 0.1) is 5.82 Å². The summed E-state index contributed by atoms with van der Waals surface area (Å²) in [6, 6.07) is 5.75. The van der Waals surface area contributed by atoms with Crippen LogP contribution in [0.25, 0.3) is 0 Å². The molecular formula is C19H23FN6O2. The van der Waals surface area contributed by atoms with Crippen molar-refractivity contribution in [1.29, 1.82) is 0 Å². The number of anilines is 1. The highest BCUT2D eigenvalue weighted by atomic mass is 19.1. The van der Waals surface area contributed by atoms with Crippen LogP contribution in [0.1, 0.15) is 35.8 Å². The van der Waals surface area contributed by atoms with E-state index < -0.39 is 11.9 Å². The van der Waals surface area contributed by atoms with E-state index in [9.17, 15) is 14.0 Å². The van der Waals surface area contributed by atoms with Crippen molar-refractivity contribution in [3.8, 4) is 0 Å². The van der Waals surface area contributed by atoms with E-state index in [1.807, 2.05) is 0 Å². The average Bonchev–Trinajstić information content (AvgIpc) is 3.35. The van der Waals surface area contributed by atoms with Crippen molar-refractivity contribution >= 4 is 17.5 Å². The number of halogens is 1. The Balaban J connectivity index is 1.46. The number of amides is 2. The van der Waals surface area contributed by atoms with Crippen molar-refractivity contribution in [2.45, 2.75) is 31.3 Å². The first-order chi connectivity index (χ1) is 13.6. The summed E-state index contributed by atoms with van der Waals surface area (Å²) < 4.78 is 15.8. The Kier molecular flexibility index (Phi) is 5.08. The zero-order valence-corrected chi connectivity index (χ0v) is 15.7. The van der Waals surface area contributed by atoms with Gasteiger partial charge in [-0.05, 0) is 44.5 Å². The van der Waals surface area contributed by atoms with Crippen LogP contribution in [-0.4, -0.2) is 64.4 Å². The van der Waals surface area contributed by atoms with Crippen LogP contribution >= 0.6 is 0 Å². The number of likely N-dealkylation sites (N-methyl/N-ethyl adjacent to an activating group) is 1. The van der Waals surface area contributed by atoms with Gasteiger partial charge in [-0.2, -0.15) is 0 Å². The van der Waals surface area contributed by atoms with Crippen molar-refractivity contribution in [3.63, 3.8) is 0 Å². The summed E-state index contributed by atoms with van der Waals surface area (Å²) in [7, 11) is 1.58. The molecule has 1 aromatic carbocycles. The van der Waals surface area contributed by atoms with Crippen LogP contribution in [0.4, 0.5) is 10.1 Å². The minimum absolute atomic E-state index is 0.221. The minimum atomic E-state index is -0.642. The first-order valence-corrected chi connectivity index (χ1v) is 9.52. The summed E-state index contributed by atoms with van der Waals surface area (Å²) in [5, 5.41) is 11.4. The zero-order valence-electron chi connectivity index (χ0n) is 15.7. The molecule has 1 aromatic heterocycles. The van der Waals surface area contributed by atoms with Gasteiger partial charge in [0.25, 0.3) is 5.91 Å². The number of nitrogens with zero attached hydrogens (tertiary/aromatic N) is 5. The fraction of sp³-hybridized carbons (Fsp3) is 0.474. The lowest BCUT2D eigenvalue weighted by molar-refractivity contribution is -0.120. The fourth-order valence-electron chi connectivity index (χ4n) is 3.88. The van der Waals surface area contributed by atoms with E-state index in [-0.39, 0.29) is 29.2 Å². The van der Waals surface area contributed by atoms with Crippen LogP contribution in [0.2, 0.25) is 0 Å². The molecule has 9 heteroatoms. The molecule has 1 unspecified atom stereocenters. The first kappa shape index (κ1) is 18.5. The summed E-state index contributed by atoms with van der Waals surface area (Å²) in [4.78, 5) is 28.4. The molecule has 2 saturated heterocycles. The Morgan fingerprint density at radius 1 is 1.25 bits per heavy atom. The van der Waals surface area contributed by atoms with E-state index in [1.165, 1.54) is 15.9 Å². The highest BCUT2D eigenvalue weighted by Gasteiger charge is 2.38. The molecule has 0 bridgehead atoms. The molecule has 3 heterocycles. The molecule has 4 rings (SSSR count). The van der Waals surface area contributed by atoms with E-state index in [0.29, 0.717) is 13.0 Å². The number of piperidine rings is 1. The van der Waals surface area contributed by atoms with Crippen LogP contribution < -0.4 is 10.2 Å². The number of aromatic nitrogens is 3. The third kappa shape index (κ3) is 3.37. The van der Waals surface area contributed by atoms with E-state index >= 15 is 0 Å². The number of rotatable bonds is 4. The first-order valence-electron chi connectivity index (χ1n) is 9.52. The number of carbonyl (C=O) groups excluding carboxylic acids is 2. The van der Waals surface area contributed by atoms with Crippen LogP contribution in [0.3, 0.4) is 0 Å². The van der Waals surface area contributed by atoms with Gasteiger partial charge < -0.3 is 15.1 Å². The van der Waals surface area contributed by atoms with Crippen LogP contribution in [0.15, 0.2) is 30.5 Å². The maximum Gasteiger partial charge on any atom is 0.276 e. The molecule has 2 fully saturated rings. The topological polar surface area (TPSA) is 83.4 Å². The Morgan fingerprint density at radius 2 is 2.00 bits per heavy atom. The lowest BCUT2D eigenvalue weighted by Gasteiger charge is -2.23. The number of nitrogens with one attached hydrogen (secondary N) is 1. The maximum atomic E-state index is 14.0. The molecule has 148 valence electrons. The molecule has 0 radical (unpaired) electrons. The highest BCUT2D eigenvalue weighted by Crippen LogP contribution is 2.27.